The maximum absolute atomic E-state index is 15.8. The smallest absolute Gasteiger partial charge is 0.264 e. The van der Waals surface area contributed by atoms with Gasteiger partial charge in [-0.1, -0.05) is 26.8 Å². The van der Waals surface area contributed by atoms with Gasteiger partial charge >= 0.3 is 0 Å². The van der Waals surface area contributed by atoms with Crippen LogP contribution >= 0.6 is 0 Å². The fourth-order valence-electron chi connectivity index (χ4n) is 4.97. The number of hydrogen-bond acceptors (Lipinski definition) is 6. The Kier molecular flexibility index (Phi) is 12.2. The molecule has 3 rings (SSSR count). The van der Waals surface area contributed by atoms with Crippen LogP contribution in [0.3, 0.4) is 0 Å². The third-order valence-corrected chi connectivity index (χ3v) is 6.79. The Labute approximate surface area is 250 Å². The molecule has 1 saturated heterocycles. The molecule has 0 aliphatic carbocycles. The van der Waals surface area contributed by atoms with Gasteiger partial charge in [0.05, 0.1) is 35.8 Å². The van der Waals surface area contributed by atoms with Gasteiger partial charge < -0.3 is 24.8 Å². The molecule has 0 bridgehead atoms. The van der Waals surface area contributed by atoms with Crippen LogP contribution in [0.4, 0.5) is 34.6 Å². The van der Waals surface area contributed by atoms with Crippen LogP contribution < -0.4 is 15.1 Å². The van der Waals surface area contributed by atoms with E-state index in [0.29, 0.717) is 56.8 Å². The predicted octanol–water partition coefficient (Wildman–Crippen LogP) is 6.12. The SMILES string of the molecule is CCCN(CC(C)C)c1cc(F)c(-c2ccc(N3CCOCC3)c(F)c2)cc1NC(=O)C(=C/N(C)C)/C(=C\C=O)C(F)F. The normalized spacial score (nSPS) is 14.3. The Bertz CT molecular complexity index is 1340. The lowest BCUT2D eigenvalue weighted by molar-refractivity contribution is -0.112. The molecule has 2 aromatic rings. The van der Waals surface area contributed by atoms with Crippen molar-refractivity contribution in [1.29, 1.82) is 0 Å². The van der Waals surface area contributed by atoms with Crippen molar-refractivity contribution in [3.8, 4) is 11.1 Å². The van der Waals surface area contributed by atoms with E-state index in [-0.39, 0.29) is 29.0 Å². The summed E-state index contributed by atoms with van der Waals surface area (Å²) in [5.74, 6) is -1.88. The van der Waals surface area contributed by atoms with E-state index < -0.39 is 35.1 Å². The average Bonchev–Trinajstić information content (AvgIpc) is 2.95. The summed E-state index contributed by atoms with van der Waals surface area (Å²) in [5, 5.41) is 2.69. The maximum Gasteiger partial charge on any atom is 0.264 e. The highest BCUT2D eigenvalue weighted by molar-refractivity contribution is 6.09. The van der Waals surface area contributed by atoms with Gasteiger partial charge in [-0.2, -0.15) is 0 Å². The van der Waals surface area contributed by atoms with Gasteiger partial charge in [0.25, 0.3) is 12.3 Å². The molecule has 2 aromatic carbocycles. The van der Waals surface area contributed by atoms with Gasteiger partial charge in [0.15, 0.2) is 0 Å². The summed E-state index contributed by atoms with van der Waals surface area (Å²) in [5.41, 5.74) is 0.00864. The van der Waals surface area contributed by atoms with Gasteiger partial charge in [-0.25, -0.2) is 17.6 Å². The van der Waals surface area contributed by atoms with Crippen LogP contribution in [0.2, 0.25) is 0 Å². The third kappa shape index (κ3) is 8.82. The van der Waals surface area contributed by atoms with Gasteiger partial charge in [-0.15, -0.1) is 0 Å². The molecule has 1 fully saturated rings. The first-order chi connectivity index (χ1) is 20.5. The first-order valence-corrected chi connectivity index (χ1v) is 14.3. The molecular weight excluding hydrogens is 564 g/mol. The second-order valence-corrected chi connectivity index (χ2v) is 11.0. The Balaban J connectivity index is 2.14. The molecule has 7 nitrogen and oxygen atoms in total. The highest BCUT2D eigenvalue weighted by Gasteiger charge is 2.26. The van der Waals surface area contributed by atoms with Crippen LogP contribution in [-0.2, 0) is 14.3 Å². The molecule has 11 heteroatoms. The van der Waals surface area contributed by atoms with E-state index in [1.54, 1.807) is 26.2 Å². The second-order valence-electron chi connectivity index (χ2n) is 11.0. The summed E-state index contributed by atoms with van der Waals surface area (Å²) in [6.45, 7) is 9.05. The van der Waals surface area contributed by atoms with Gasteiger partial charge in [-0.3, -0.25) is 9.59 Å². The predicted molar refractivity (Wildman–Crippen MR) is 163 cm³/mol. The molecule has 0 unspecified atom stereocenters. The zero-order valence-corrected chi connectivity index (χ0v) is 25.3. The van der Waals surface area contributed by atoms with E-state index in [9.17, 15) is 18.4 Å². The van der Waals surface area contributed by atoms with Crippen molar-refractivity contribution < 1.29 is 31.9 Å². The molecule has 1 aliphatic rings. The van der Waals surface area contributed by atoms with Gasteiger partial charge in [-0.05, 0) is 48.2 Å². The first-order valence-electron chi connectivity index (χ1n) is 14.3. The molecule has 0 radical (unpaired) electrons. The van der Waals surface area contributed by atoms with Crippen LogP contribution in [-0.4, -0.2) is 77.0 Å². The number of hydrogen-bond donors (Lipinski definition) is 1. The van der Waals surface area contributed by atoms with E-state index >= 15 is 8.78 Å². The highest BCUT2D eigenvalue weighted by Crippen LogP contribution is 2.37. The molecule has 1 N–H and O–H groups in total. The van der Waals surface area contributed by atoms with Gasteiger partial charge in [0.2, 0.25) is 0 Å². The Morgan fingerprint density at radius 1 is 1.09 bits per heavy atom. The van der Waals surface area contributed by atoms with E-state index in [0.717, 1.165) is 6.42 Å². The molecular formula is C32H40F4N4O3. The number of amides is 1. The Morgan fingerprint density at radius 2 is 1.79 bits per heavy atom. The standard InChI is InChI=1S/C32H40F4N4O3/c1-6-10-40(19-21(2)3)30-18-26(33)24(22-7-8-29(27(34)16-22)39-11-14-43-15-12-39)17-28(30)37-32(42)25(20-38(4)5)23(9-13-41)31(35)36/h7-9,13,16-18,20-21,31H,6,10-12,14-15,19H2,1-5H3,(H,37,42)/b23-9+,25-20+. The van der Waals surface area contributed by atoms with E-state index in [1.165, 1.54) is 29.3 Å². The number of halogens is 4. The third-order valence-electron chi connectivity index (χ3n) is 6.79. The second kappa shape index (κ2) is 15.6. The van der Waals surface area contributed by atoms with Crippen LogP contribution in [0, 0.1) is 17.6 Å². The van der Waals surface area contributed by atoms with E-state index in [1.807, 2.05) is 30.6 Å². The number of nitrogens with zero attached hydrogens (tertiary/aromatic N) is 3. The quantitative estimate of drug-likeness (QED) is 0.129. The van der Waals surface area contributed by atoms with E-state index in [4.69, 9.17) is 4.74 Å². The van der Waals surface area contributed by atoms with Gasteiger partial charge in [0, 0.05) is 57.6 Å². The number of alkyl halides is 2. The van der Waals surface area contributed by atoms with Crippen molar-refractivity contribution in [1.82, 2.24) is 4.90 Å². The Hall–Kier alpha value is -3.86. The molecule has 1 aliphatic heterocycles. The minimum Gasteiger partial charge on any atom is -0.383 e. The fraction of sp³-hybridized carbons (Fsp3) is 0.438. The number of benzene rings is 2. The molecule has 234 valence electrons. The lowest BCUT2D eigenvalue weighted by Gasteiger charge is -2.30. The van der Waals surface area contributed by atoms with Crippen LogP contribution in [0.15, 0.2) is 53.8 Å². The van der Waals surface area contributed by atoms with Crippen molar-refractivity contribution >= 4 is 29.3 Å². The summed E-state index contributed by atoms with van der Waals surface area (Å²) in [6.07, 6.45) is -0.339. The molecule has 0 atom stereocenters. The lowest BCUT2D eigenvalue weighted by atomic mass is 10.0. The van der Waals surface area contributed by atoms with Crippen LogP contribution in [0.25, 0.3) is 11.1 Å². The highest BCUT2D eigenvalue weighted by atomic mass is 19.3. The van der Waals surface area contributed by atoms with Crippen molar-refractivity contribution in [3.05, 3.63) is 65.4 Å². The number of carbonyl (C=O) groups excluding carboxylic acids is 2. The fourth-order valence-corrected chi connectivity index (χ4v) is 4.97. The monoisotopic (exact) mass is 604 g/mol. The summed E-state index contributed by atoms with van der Waals surface area (Å²) < 4.78 is 64.2. The average molecular weight is 605 g/mol. The summed E-state index contributed by atoms with van der Waals surface area (Å²) in [6, 6.07) is 7.11. The minimum atomic E-state index is -3.10. The number of ether oxygens (including phenoxy) is 1. The number of rotatable bonds is 13. The first kappa shape index (κ1) is 33.6. The molecule has 0 aromatic heterocycles. The molecule has 43 heavy (non-hydrogen) atoms. The van der Waals surface area contributed by atoms with Crippen molar-refractivity contribution in [3.63, 3.8) is 0 Å². The van der Waals surface area contributed by atoms with Crippen LogP contribution in [0.5, 0.6) is 0 Å². The van der Waals surface area contributed by atoms with E-state index in [2.05, 4.69) is 5.32 Å². The summed E-state index contributed by atoms with van der Waals surface area (Å²) in [7, 11) is 3.11. The number of carbonyl (C=O) groups is 2. The molecule has 1 amide bonds. The number of anilines is 3. The Morgan fingerprint density at radius 3 is 2.35 bits per heavy atom. The van der Waals surface area contributed by atoms with Gasteiger partial charge in [0.1, 0.15) is 17.9 Å². The van der Waals surface area contributed by atoms with Crippen molar-refractivity contribution in [2.45, 2.75) is 33.6 Å². The number of nitrogens with one attached hydrogen (secondary N) is 1. The molecule has 1 heterocycles. The zero-order valence-electron chi connectivity index (χ0n) is 25.3. The number of aldehydes is 1. The number of allylic oxidation sites excluding steroid dienone is 1. The maximum atomic E-state index is 15.8. The molecule has 0 spiro atoms. The largest absolute Gasteiger partial charge is 0.383 e. The number of morpholine rings is 1. The topological polar surface area (TPSA) is 65.1 Å². The lowest BCUT2D eigenvalue weighted by Crippen LogP contribution is -2.36. The zero-order chi connectivity index (χ0) is 31.7. The summed E-state index contributed by atoms with van der Waals surface area (Å²) >= 11 is 0. The van der Waals surface area contributed by atoms with Crippen molar-refractivity contribution in [2.75, 3.05) is 68.6 Å². The molecule has 0 saturated carbocycles. The summed E-state index contributed by atoms with van der Waals surface area (Å²) in [4.78, 5) is 29.9. The minimum absolute atomic E-state index is 0.0307. The van der Waals surface area contributed by atoms with Crippen molar-refractivity contribution in [2.24, 2.45) is 5.92 Å². The van der Waals surface area contributed by atoms with Crippen LogP contribution in [0.1, 0.15) is 27.2 Å².